The van der Waals surface area contributed by atoms with E-state index < -0.39 is 0 Å². The van der Waals surface area contributed by atoms with Crippen molar-refractivity contribution >= 4 is 11.8 Å². The monoisotopic (exact) mass is 200 g/mol. The van der Waals surface area contributed by atoms with Gasteiger partial charge in [0.25, 0.3) is 11.8 Å². The molecule has 2 N–H and O–H groups in total. The number of ether oxygens (including phenoxy) is 1. The summed E-state index contributed by atoms with van der Waals surface area (Å²) >= 11 is 0. The quantitative estimate of drug-likeness (QED) is 0.615. The number of morpholine rings is 1. The van der Waals surface area contributed by atoms with Gasteiger partial charge < -0.3 is 10.5 Å². The van der Waals surface area contributed by atoms with Gasteiger partial charge in [0, 0.05) is 12.6 Å². The molecular formula is C9H16N2O3. The fraction of sp³-hybridized carbons (Fsp3) is 0.778. The van der Waals surface area contributed by atoms with Crippen LogP contribution in [0.3, 0.4) is 0 Å². The maximum Gasteiger partial charge on any atom is 0.255 e. The van der Waals surface area contributed by atoms with E-state index in [-0.39, 0.29) is 37.0 Å². The Hall–Kier alpha value is -0.940. The van der Waals surface area contributed by atoms with Crippen LogP contribution in [0.2, 0.25) is 0 Å². The summed E-state index contributed by atoms with van der Waals surface area (Å²) in [4.78, 5) is 23.8. The maximum atomic E-state index is 11.3. The molecule has 0 aromatic rings. The summed E-state index contributed by atoms with van der Waals surface area (Å²) in [5.41, 5.74) is 5.78. The molecule has 1 atom stereocenters. The molecule has 1 saturated heterocycles. The molecule has 1 rings (SSSR count). The average molecular weight is 200 g/mol. The van der Waals surface area contributed by atoms with Gasteiger partial charge in [-0.3, -0.25) is 14.5 Å². The first-order valence-electron chi connectivity index (χ1n) is 4.69. The van der Waals surface area contributed by atoms with Gasteiger partial charge in [-0.25, -0.2) is 0 Å². The molecule has 0 aromatic heterocycles. The van der Waals surface area contributed by atoms with Crippen LogP contribution in [0.15, 0.2) is 0 Å². The van der Waals surface area contributed by atoms with Crippen molar-refractivity contribution < 1.29 is 14.3 Å². The first-order chi connectivity index (χ1) is 6.52. The Morgan fingerprint density at radius 2 is 1.86 bits per heavy atom. The third-order valence-corrected chi connectivity index (χ3v) is 2.30. The minimum Gasteiger partial charge on any atom is -0.362 e. The van der Waals surface area contributed by atoms with Crippen molar-refractivity contribution in [1.29, 1.82) is 0 Å². The number of imide groups is 1. The van der Waals surface area contributed by atoms with Gasteiger partial charge in [-0.05, 0) is 5.92 Å². The van der Waals surface area contributed by atoms with Crippen molar-refractivity contribution in [2.45, 2.75) is 19.9 Å². The molecule has 0 aromatic carbocycles. The predicted octanol–water partition coefficient (Wildman–Crippen LogP) is -0.645. The third-order valence-electron chi connectivity index (χ3n) is 2.30. The molecule has 1 aliphatic heterocycles. The molecule has 0 unspecified atom stereocenters. The average Bonchev–Trinajstić information content (AvgIpc) is 2.11. The van der Waals surface area contributed by atoms with Crippen molar-refractivity contribution in [2.75, 3.05) is 19.8 Å². The molecule has 0 saturated carbocycles. The van der Waals surface area contributed by atoms with Gasteiger partial charge >= 0.3 is 0 Å². The Labute approximate surface area is 83.2 Å². The smallest absolute Gasteiger partial charge is 0.255 e. The molecular weight excluding hydrogens is 184 g/mol. The second kappa shape index (κ2) is 4.52. The van der Waals surface area contributed by atoms with Gasteiger partial charge in [-0.2, -0.15) is 0 Å². The number of nitrogens with zero attached hydrogens (tertiary/aromatic N) is 1. The van der Waals surface area contributed by atoms with E-state index in [0.717, 1.165) is 0 Å². The standard InChI is InChI=1S/C9H16N2O3/c1-6(2)7(10)3-11-8(12)4-14-5-9(11)13/h6-7H,3-5,10H2,1-2H3/t7-/m1/s1. The Morgan fingerprint density at radius 3 is 2.29 bits per heavy atom. The van der Waals surface area contributed by atoms with Crippen LogP contribution in [0, 0.1) is 5.92 Å². The zero-order valence-corrected chi connectivity index (χ0v) is 8.53. The highest BCUT2D eigenvalue weighted by Crippen LogP contribution is 2.05. The van der Waals surface area contributed by atoms with Crippen LogP contribution in [0.25, 0.3) is 0 Å². The molecule has 1 aliphatic rings. The van der Waals surface area contributed by atoms with Crippen LogP contribution >= 0.6 is 0 Å². The van der Waals surface area contributed by atoms with E-state index in [0.29, 0.717) is 6.54 Å². The molecule has 2 amide bonds. The van der Waals surface area contributed by atoms with E-state index in [2.05, 4.69) is 0 Å². The minimum absolute atomic E-state index is 0.0173. The Morgan fingerprint density at radius 1 is 1.36 bits per heavy atom. The summed E-state index contributed by atoms with van der Waals surface area (Å²) < 4.78 is 4.78. The van der Waals surface area contributed by atoms with E-state index in [9.17, 15) is 9.59 Å². The molecule has 0 spiro atoms. The van der Waals surface area contributed by atoms with Gasteiger partial charge in [-0.15, -0.1) is 0 Å². The molecule has 80 valence electrons. The van der Waals surface area contributed by atoms with Gasteiger partial charge in [0.15, 0.2) is 0 Å². The first kappa shape index (κ1) is 11.1. The van der Waals surface area contributed by atoms with Crippen molar-refractivity contribution in [3.8, 4) is 0 Å². The van der Waals surface area contributed by atoms with E-state index in [1.807, 2.05) is 13.8 Å². The number of amides is 2. The van der Waals surface area contributed by atoms with Crippen molar-refractivity contribution in [2.24, 2.45) is 11.7 Å². The molecule has 0 bridgehead atoms. The van der Waals surface area contributed by atoms with Crippen LogP contribution in [-0.4, -0.2) is 42.5 Å². The molecule has 0 aliphatic carbocycles. The summed E-state index contributed by atoms with van der Waals surface area (Å²) in [7, 11) is 0. The van der Waals surface area contributed by atoms with E-state index in [1.54, 1.807) is 0 Å². The third kappa shape index (κ3) is 2.52. The first-order valence-corrected chi connectivity index (χ1v) is 4.69. The van der Waals surface area contributed by atoms with E-state index in [1.165, 1.54) is 4.90 Å². The van der Waals surface area contributed by atoms with E-state index >= 15 is 0 Å². The van der Waals surface area contributed by atoms with Crippen LogP contribution in [0.4, 0.5) is 0 Å². The number of rotatable bonds is 3. The highest BCUT2D eigenvalue weighted by molar-refractivity contribution is 5.98. The van der Waals surface area contributed by atoms with Crippen LogP contribution in [-0.2, 0) is 14.3 Å². The SMILES string of the molecule is CC(C)[C@H](N)CN1C(=O)COCC1=O. The fourth-order valence-electron chi connectivity index (χ4n) is 1.15. The number of carbonyl (C=O) groups excluding carboxylic acids is 2. The minimum atomic E-state index is -0.294. The number of carbonyl (C=O) groups is 2. The summed E-state index contributed by atoms with van der Waals surface area (Å²) in [6, 6.07) is -0.166. The number of hydrogen-bond acceptors (Lipinski definition) is 4. The lowest BCUT2D eigenvalue weighted by Gasteiger charge is -2.28. The summed E-state index contributed by atoms with van der Waals surface area (Å²) in [6.45, 7) is 4.17. The zero-order valence-electron chi connectivity index (χ0n) is 8.53. The second-order valence-corrected chi connectivity index (χ2v) is 3.80. The van der Waals surface area contributed by atoms with Gasteiger partial charge in [0.2, 0.25) is 0 Å². The Bertz CT molecular complexity index is 224. The van der Waals surface area contributed by atoms with Crippen molar-refractivity contribution in [3.63, 3.8) is 0 Å². The fourth-order valence-corrected chi connectivity index (χ4v) is 1.15. The largest absolute Gasteiger partial charge is 0.362 e. The molecule has 1 heterocycles. The number of hydrogen-bond donors (Lipinski definition) is 1. The van der Waals surface area contributed by atoms with Gasteiger partial charge in [0.05, 0.1) is 0 Å². The lowest BCUT2D eigenvalue weighted by molar-refractivity contribution is -0.158. The molecule has 14 heavy (non-hydrogen) atoms. The van der Waals surface area contributed by atoms with Crippen LogP contribution in [0.1, 0.15) is 13.8 Å². The van der Waals surface area contributed by atoms with Crippen LogP contribution in [0.5, 0.6) is 0 Å². The Kier molecular flexibility index (Phi) is 3.60. The van der Waals surface area contributed by atoms with Gasteiger partial charge in [0.1, 0.15) is 13.2 Å². The van der Waals surface area contributed by atoms with E-state index in [4.69, 9.17) is 10.5 Å². The molecule has 5 nitrogen and oxygen atoms in total. The predicted molar refractivity (Wildman–Crippen MR) is 50.4 cm³/mol. The second-order valence-electron chi connectivity index (χ2n) is 3.80. The maximum absolute atomic E-state index is 11.3. The van der Waals surface area contributed by atoms with Crippen molar-refractivity contribution in [1.82, 2.24) is 4.90 Å². The summed E-state index contributed by atoms with van der Waals surface area (Å²) in [6.07, 6.45) is 0. The molecule has 0 radical (unpaired) electrons. The summed E-state index contributed by atoms with van der Waals surface area (Å²) in [5.74, 6) is -0.340. The Balaban J connectivity index is 2.56. The normalized spacial score (nSPS) is 20.4. The van der Waals surface area contributed by atoms with Crippen molar-refractivity contribution in [3.05, 3.63) is 0 Å². The van der Waals surface area contributed by atoms with Crippen LogP contribution < -0.4 is 5.73 Å². The lowest BCUT2D eigenvalue weighted by atomic mass is 10.0. The topological polar surface area (TPSA) is 72.6 Å². The highest BCUT2D eigenvalue weighted by atomic mass is 16.5. The molecule has 1 fully saturated rings. The summed E-state index contributed by atoms with van der Waals surface area (Å²) in [5, 5.41) is 0. The number of nitrogens with two attached hydrogens (primary N) is 1. The zero-order chi connectivity index (χ0) is 10.7. The molecule has 5 heteroatoms. The van der Waals surface area contributed by atoms with Gasteiger partial charge in [-0.1, -0.05) is 13.8 Å². The highest BCUT2D eigenvalue weighted by Gasteiger charge is 2.28. The lowest BCUT2D eigenvalue weighted by Crippen LogP contribution is -2.51.